The maximum absolute atomic E-state index is 8.63. The van der Waals surface area contributed by atoms with Crippen molar-refractivity contribution in [3.05, 3.63) is 18.9 Å². The van der Waals surface area contributed by atoms with E-state index in [-0.39, 0.29) is 64.6 Å². The zero-order valence-electron chi connectivity index (χ0n) is 9.10. The van der Waals surface area contributed by atoms with Crippen LogP contribution in [0.15, 0.2) is 18.9 Å². The van der Waals surface area contributed by atoms with Gasteiger partial charge in [-0.2, -0.15) is 0 Å². The van der Waals surface area contributed by atoms with Crippen molar-refractivity contribution < 1.29 is 82.1 Å². The molecule has 0 aromatic carbocycles. The van der Waals surface area contributed by atoms with Gasteiger partial charge in [-0.1, -0.05) is 0 Å². The van der Waals surface area contributed by atoms with Crippen LogP contribution in [0.5, 0.6) is 0 Å². The summed E-state index contributed by atoms with van der Waals surface area (Å²) in [6, 6.07) is 0. The number of H-pyrrole nitrogens is 1. The van der Waals surface area contributed by atoms with E-state index in [0.29, 0.717) is 5.65 Å². The fourth-order valence-electron chi connectivity index (χ4n) is 0.691. The van der Waals surface area contributed by atoms with E-state index in [4.69, 9.17) is 17.5 Å². The van der Waals surface area contributed by atoms with Crippen LogP contribution < -0.4 is 59.1 Å². The Morgan fingerprint density at radius 1 is 1.29 bits per heavy atom. The van der Waals surface area contributed by atoms with Gasteiger partial charge in [-0.05, 0) is 0 Å². The number of aromatic nitrogens is 4. The van der Waals surface area contributed by atoms with Gasteiger partial charge in [0.05, 0.1) is 12.5 Å². The summed E-state index contributed by atoms with van der Waals surface area (Å²) in [7, 11) is -4.92. The van der Waals surface area contributed by atoms with Crippen molar-refractivity contribution in [1.29, 1.82) is 0 Å². The van der Waals surface area contributed by atoms with Gasteiger partial charge in [0.15, 0.2) is 5.65 Å². The first-order valence-electron chi connectivity index (χ1n) is 3.24. The molecule has 3 N–H and O–H groups in total. The van der Waals surface area contributed by atoms with Crippen molar-refractivity contribution >= 4 is 21.6 Å². The van der Waals surface area contributed by atoms with E-state index in [1.807, 2.05) is 0 Å². The molecular formula is C5H6N4Na2O5S. The van der Waals surface area contributed by atoms with Gasteiger partial charge in [-0.15, -0.1) is 0 Å². The average Bonchev–Trinajstić information content (AvgIpc) is 2.47. The molecule has 0 atom stereocenters. The van der Waals surface area contributed by atoms with Gasteiger partial charge in [0.2, 0.25) is 10.4 Å². The first-order chi connectivity index (χ1) is 6.47. The zero-order chi connectivity index (χ0) is 10.6. The van der Waals surface area contributed by atoms with Crippen LogP contribution >= 0.6 is 0 Å². The van der Waals surface area contributed by atoms with Crippen molar-refractivity contribution in [1.82, 2.24) is 19.9 Å². The van der Waals surface area contributed by atoms with Gasteiger partial charge in [0.1, 0.15) is 11.8 Å². The molecule has 2 rings (SSSR count). The van der Waals surface area contributed by atoms with Gasteiger partial charge >= 0.3 is 59.1 Å². The molecule has 0 fully saturated rings. The molecule has 0 aliphatic heterocycles. The molecule has 0 unspecified atom stereocenters. The van der Waals surface area contributed by atoms with E-state index in [0.717, 1.165) is 5.52 Å². The molecule has 2 heterocycles. The molecule has 0 aliphatic rings. The van der Waals surface area contributed by atoms with Crippen LogP contribution in [0.1, 0.15) is 0 Å². The third-order valence-corrected chi connectivity index (χ3v) is 1.10. The second-order valence-corrected chi connectivity index (χ2v) is 2.95. The second-order valence-electron chi connectivity index (χ2n) is 2.09. The summed E-state index contributed by atoms with van der Waals surface area (Å²) in [5.41, 5.74) is 1.59. The summed E-state index contributed by atoms with van der Waals surface area (Å²) < 4.78 is 32.8. The van der Waals surface area contributed by atoms with Crippen molar-refractivity contribution in [3.63, 3.8) is 0 Å². The number of hydrogen-bond acceptors (Lipinski definition) is 7. The molecule has 0 saturated heterocycles. The van der Waals surface area contributed by atoms with Crippen LogP contribution in [0.3, 0.4) is 0 Å². The average molecular weight is 280 g/mol. The largest absolute Gasteiger partial charge is 1.00 e. The Kier molecular flexibility index (Phi) is 13.7. The summed E-state index contributed by atoms with van der Waals surface area (Å²) in [5.74, 6) is 0. The molecule has 2 aromatic heterocycles. The van der Waals surface area contributed by atoms with E-state index in [2.05, 4.69) is 19.9 Å². The Morgan fingerprint density at radius 3 is 2.29 bits per heavy atom. The summed E-state index contributed by atoms with van der Waals surface area (Å²) >= 11 is 0. The van der Waals surface area contributed by atoms with E-state index < -0.39 is 10.4 Å². The number of hydrogen-bond donors (Lipinski definition) is 2. The smallest absolute Gasteiger partial charge is 0.870 e. The summed E-state index contributed by atoms with van der Waals surface area (Å²) in [5, 5.41) is 0. The number of nitrogens with one attached hydrogen (secondary N) is 1. The summed E-state index contributed by atoms with van der Waals surface area (Å²) in [6.07, 6.45) is 4.76. The molecule has 0 saturated carbocycles. The number of rotatable bonds is 0. The number of fused-ring (bicyclic) bond motifs is 1. The topological polar surface area (TPSA) is 162 Å². The molecule has 17 heavy (non-hydrogen) atoms. The fraction of sp³-hybridized carbons (Fsp3) is 0. The van der Waals surface area contributed by atoms with Crippen LogP contribution in [0.4, 0.5) is 0 Å². The van der Waals surface area contributed by atoms with Gasteiger partial charge in [0.25, 0.3) is 0 Å². The van der Waals surface area contributed by atoms with Gasteiger partial charge in [-0.25, -0.2) is 23.4 Å². The Balaban J connectivity index is -0.000000222. The third-order valence-electron chi connectivity index (χ3n) is 1.10. The normalized spacial score (nSPS) is 8.82. The first-order valence-corrected chi connectivity index (χ1v) is 4.61. The summed E-state index contributed by atoms with van der Waals surface area (Å²) in [6.45, 7) is 0. The van der Waals surface area contributed by atoms with E-state index in [1.54, 1.807) is 12.5 Å². The van der Waals surface area contributed by atoms with Crippen molar-refractivity contribution in [3.8, 4) is 0 Å². The maximum atomic E-state index is 8.63. The molecular weight excluding hydrogens is 274 g/mol. The molecule has 9 nitrogen and oxygen atoms in total. The summed E-state index contributed by atoms with van der Waals surface area (Å²) in [4.78, 5) is 14.5. The minimum absolute atomic E-state index is 0. The Labute approximate surface area is 141 Å². The fourth-order valence-corrected chi connectivity index (χ4v) is 0.691. The van der Waals surface area contributed by atoms with Gasteiger partial charge in [0, 0.05) is 0 Å². The zero-order valence-corrected chi connectivity index (χ0v) is 13.9. The van der Waals surface area contributed by atoms with Crippen LogP contribution in [0.25, 0.3) is 11.2 Å². The second kappa shape index (κ2) is 10.3. The third kappa shape index (κ3) is 11.2. The minimum atomic E-state index is -4.92. The van der Waals surface area contributed by atoms with Crippen LogP contribution in [-0.2, 0) is 10.4 Å². The molecule has 84 valence electrons. The molecule has 2 aromatic rings. The molecule has 0 aliphatic carbocycles. The Hall–Kier alpha value is 0.380. The van der Waals surface area contributed by atoms with Crippen LogP contribution in [0, 0.1) is 0 Å². The van der Waals surface area contributed by atoms with Gasteiger partial charge < -0.3 is 15.0 Å². The predicted octanol–water partition coefficient (Wildman–Crippen LogP) is -6.81. The molecule has 0 bridgehead atoms. The molecule has 0 radical (unpaired) electrons. The molecule has 0 spiro atoms. The van der Waals surface area contributed by atoms with E-state index in [1.165, 1.54) is 6.33 Å². The number of imidazole rings is 1. The van der Waals surface area contributed by atoms with Crippen molar-refractivity contribution in [2.45, 2.75) is 0 Å². The monoisotopic (exact) mass is 280 g/mol. The SMILES string of the molecule is O=S(=O)([O-])O.[Na+].[Na+].[OH-].c1ncc2[nH]cnc2n1. The molecule has 12 heteroatoms. The van der Waals surface area contributed by atoms with E-state index >= 15 is 0 Å². The van der Waals surface area contributed by atoms with Crippen LogP contribution in [0.2, 0.25) is 0 Å². The van der Waals surface area contributed by atoms with E-state index in [9.17, 15) is 0 Å². The standard InChI is InChI=1S/C5H4N4.2Na.H2O4S.H2O/c1-4-5(8-2-6-1)9-3-7-4;;;1-5(2,3)4;/h1-3H,(H,6,7,8,9);;;(H2,1,2,3,4);1H2/q;2*+1;;/p-2. The Morgan fingerprint density at radius 2 is 1.82 bits per heavy atom. The maximum Gasteiger partial charge on any atom is 1.00 e. The Bertz CT molecular complexity index is 480. The van der Waals surface area contributed by atoms with Crippen LogP contribution in [-0.4, -0.2) is 42.9 Å². The molecule has 0 amide bonds. The number of aromatic amines is 1. The predicted molar refractivity (Wildman–Crippen MR) is 45.9 cm³/mol. The number of nitrogens with zero attached hydrogens (tertiary/aromatic N) is 3. The van der Waals surface area contributed by atoms with Gasteiger partial charge in [-0.3, -0.25) is 4.55 Å². The minimum Gasteiger partial charge on any atom is -0.870 e. The quantitative estimate of drug-likeness (QED) is 0.273. The first kappa shape index (κ1) is 22.6. The van der Waals surface area contributed by atoms with Crippen molar-refractivity contribution in [2.24, 2.45) is 0 Å². The van der Waals surface area contributed by atoms with Crippen molar-refractivity contribution in [2.75, 3.05) is 0 Å².